The molecule has 0 aromatic heterocycles. The summed E-state index contributed by atoms with van der Waals surface area (Å²) in [6, 6.07) is -0.798. The molecule has 1 saturated heterocycles. The van der Waals surface area contributed by atoms with Crippen LogP contribution in [0.2, 0.25) is 0 Å². The lowest BCUT2D eigenvalue weighted by atomic mass is 10.0. The first-order valence-corrected chi connectivity index (χ1v) is 3.93. The maximum absolute atomic E-state index is 11.2. The van der Waals surface area contributed by atoms with E-state index in [1.165, 1.54) is 6.92 Å². The van der Waals surface area contributed by atoms with E-state index in [9.17, 15) is 14.4 Å². The van der Waals surface area contributed by atoms with E-state index < -0.39 is 23.8 Å². The van der Waals surface area contributed by atoms with Gasteiger partial charge in [0, 0.05) is 7.05 Å². The average Bonchev–Trinajstić information content (AvgIpc) is 2.01. The van der Waals surface area contributed by atoms with Crippen molar-refractivity contribution >= 4 is 23.6 Å². The molecular formula is C7H10N4O3. The van der Waals surface area contributed by atoms with Crippen molar-refractivity contribution in [3.05, 3.63) is 0 Å². The van der Waals surface area contributed by atoms with Crippen molar-refractivity contribution in [1.29, 1.82) is 0 Å². The highest BCUT2D eigenvalue weighted by Crippen LogP contribution is 2.04. The van der Waals surface area contributed by atoms with Gasteiger partial charge in [0.1, 0.15) is 0 Å². The number of urea groups is 1. The number of nitrogens with one attached hydrogen (secondary N) is 3. The van der Waals surface area contributed by atoms with E-state index in [0.717, 1.165) is 0 Å². The maximum Gasteiger partial charge on any atom is 0.328 e. The van der Waals surface area contributed by atoms with Crippen LogP contribution in [0.3, 0.4) is 0 Å². The number of rotatable bonds is 2. The van der Waals surface area contributed by atoms with Gasteiger partial charge in [0.2, 0.25) is 11.8 Å². The number of carbonyl (C=O) groups is 3. The van der Waals surface area contributed by atoms with Gasteiger partial charge >= 0.3 is 6.03 Å². The number of nitrogens with zero attached hydrogens (tertiary/aromatic N) is 1. The van der Waals surface area contributed by atoms with Gasteiger partial charge in [-0.1, -0.05) is 0 Å². The zero-order valence-corrected chi connectivity index (χ0v) is 7.75. The van der Waals surface area contributed by atoms with Crippen LogP contribution in [0.5, 0.6) is 0 Å². The Labute approximate surface area is 79.9 Å². The van der Waals surface area contributed by atoms with Crippen molar-refractivity contribution in [2.45, 2.75) is 6.92 Å². The minimum Gasteiger partial charge on any atom is -0.313 e. The molecule has 4 amide bonds. The summed E-state index contributed by atoms with van der Waals surface area (Å²) >= 11 is 0. The monoisotopic (exact) mass is 198 g/mol. The summed E-state index contributed by atoms with van der Waals surface area (Å²) in [5.41, 5.74) is 2.76. The highest BCUT2D eigenvalue weighted by atomic mass is 16.2. The normalized spacial score (nSPS) is 19.0. The van der Waals surface area contributed by atoms with E-state index >= 15 is 0 Å². The van der Waals surface area contributed by atoms with E-state index in [-0.39, 0.29) is 0 Å². The number of hydrogen-bond acceptors (Lipinski definition) is 5. The van der Waals surface area contributed by atoms with Crippen molar-refractivity contribution in [3.8, 4) is 0 Å². The Morgan fingerprint density at radius 3 is 2.21 bits per heavy atom. The van der Waals surface area contributed by atoms with Crippen LogP contribution in [0.15, 0.2) is 5.10 Å². The molecule has 1 rings (SSSR count). The molecule has 0 aromatic carbocycles. The van der Waals surface area contributed by atoms with Crippen LogP contribution in [0, 0.1) is 5.92 Å². The van der Waals surface area contributed by atoms with Crippen LogP contribution in [-0.4, -0.2) is 30.6 Å². The lowest BCUT2D eigenvalue weighted by molar-refractivity contribution is -0.132. The molecule has 0 saturated carbocycles. The average molecular weight is 198 g/mol. The molecule has 0 aromatic rings. The molecule has 7 heteroatoms. The second-order valence-corrected chi connectivity index (χ2v) is 2.72. The SMILES string of the molecule is CN/N=C(\C)C1C(=O)NC(=O)NC1=O. The predicted octanol–water partition coefficient (Wildman–Crippen LogP) is -1.44. The van der Waals surface area contributed by atoms with Gasteiger partial charge in [-0.05, 0) is 6.92 Å². The van der Waals surface area contributed by atoms with Crippen LogP contribution in [0.4, 0.5) is 4.79 Å². The van der Waals surface area contributed by atoms with Crippen molar-refractivity contribution in [3.63, 3.8) is 0 Å². The fraction of sp³-hybridized carbons (Fsp3) is 0.429. The smallest absolute Gasteiger partial charge is 0.313 e. The number of carbonyl (C=O) groups excluding carboxylic acids is 3. The summed E-state index contributed by atoms with van der Waals surface area (Å²) in [6.45, 7) is 1.52. The summed E-state index contributed by atoms with van der Waals surface area (Å²) in [5, 5.41) is 7.67. The summed E-state index contributed by atoms with van der Waals surface area (Å²) in [6.07, 6.45) is 0. The van der Waals surface area contributed by atoms with Crippen molar-refractivity contribution in [2.75, 3.05) is 7.05 Å². The molecule has 0 spiro atoms. The largest absolute Gasteiger partial charge is 0.328 e. The minimum atomic E-state index is -1.04. The fourth-order valence-electron chi connectivity index (χ4n) is 1.14. The van der Waals surface area contributed by atoms with Gasteiger partial charge in [0.25, 0.3) is 0 Å². The van der Waals surface area contributed by atoms with Crippen LogP contribution in [0.25, 0.3) is 0 Å². The third-order valence-corrected chi connectivity index (χ3v) is 1.70. The number of imide groups is 2. The molecule has 0 unspecified atom stereocenters. The van der Waals surface area contributed by atoms with Crippen LogP contribution < -0.4 is 16.1 Å². The molecule has 0 radical (unpaired) electrons. The Morgan fingerprint density at radius 2 is 1.79 bits per heavy atom. The Hall–Kier alpha value is -1.92. The molecular weight excluding hydrogens is 188 g/mol. The predicted molar refractivity (Wildman–Crippen MR) is 47.3 cm³/mol. The second kappa shape index (κ2) is 3.86. The maximum atomic E-state index is 11.2. The van der Waals surface area contributed by atoms with Crippen molar-refractivity contribution < 1.29 is 14.4 Å². The lowest BCUT2D eigenvalue weighted by Gasteiger charge is -2.19. The van der Waals surface area contributed by atoms with Gasteiger partial charge in [0.05, 0.1) is 5.71 Å². The number of hydrazone groups is 1. The fourth-order valence-corrected chi connectivity index (χ4v) is 1.14. The Kier molecular flexibility index (Phi) is 2.80. The number of barbiturate groups is 1. The molecule has 14 heavy (non-hydrogen) atoms. The summed E-state index contributed by atoms with van der Waals surface area (Å²) < 4.78 is 0. The molecule has 1 aliphatic heterocycles. The molecule has 0 bridgehead atoms. The first-order valence-electron chi connectivity index (χ1n) is 3.93. The van der Waals surface area contributed by atoms with E-state index in [0.29, 0.717) is 5.71 Å². The summed E-state index contributed by atoms with van der Waals surface area (Å²) in [7, 11) is 1.55. The topological polar surface area (TPSA) is 99.7 Å². The van der Waals surface area contributed by atoms with Crippen molar-refractivity contribution in [2.24, 2.45) is 11.0 Å². The van der Waals surface area contributed by atoms with Crippen LogP contribution in [-0.2, 0) is 9.59 Å². The highest BCUT2D eigenvalue weighted by Gasteiger charge is 2.36. The first-order chi connectivity index (χ1) is 6.56. The molecule has 1 heterocycles. The van der Waals surface area contributed by atoms with Crippen LogP contribution in [0.1, 0.15) is 6.92 Å². The third-order valence-electron chi connectivity index (χ3n) is 1.70. The second-order valence-electron chi connectivity index (χ2n) is 2.72. The van der Waals surface area contributed by atoms with E-state index in [1.807, 2.05) is 10.6 Å². The Morgan fingerprint density at radius 1 is 1.29 bits per heavy atom. The summed E-state index contributed by atoms with van der Waals surface area (Å²) in [5.74, 6) is -2.36. The lowest BCUT2D eigenvalue weighted by Crippen LogP contribution is -2.57. The quantitative estimate of drug-likeness (QED) is 0.287. The van der Waals surface area contributed by atoms with Gasteiger partial charge in [-0.2, -0.15) is 5.10 Å². The molecule has 76 valence electrons. The van der Waals surface area contributed by atoms with E-state index in [4.69, 9.17) is 0 Å². The van der Waals surface area contributed by atoms with Crippen LogP contribution >= 0.6 is 0 Å². The summed E-state index contributed by atoms with van der Waals surface area (Å²) in [4.78, 5) is 33.2. The van der Waals surface area contributed by atoms with E-state index in [1.54, 1.807) is 7.05 Å². The molecule has 3 N–H and O–H groups in total. The Bertz CT molecular complexity index is 303. The number of amides is 4. The van der Waals surface area contributed by atoms with Gasteiger partial charge in [-0.25, -0.2) is 4.79 Å². The molecule has 7 nitrogen and oxygen atoms in total. The zero-order chi connectivity index (χ0) is 10.7. The molecule has 1 aliphatic rings. The first kappa shape index (κ1) is 10.2. The Balaban J connectivity index is 2.87. The van der Waals surface area contributed by atoms with Crippen molar-refractivity contribution in [1.82, 2.24) is 16.1 Å². The van der Waals surface area contributed by atoms with Gasteiger partial charge < -0.3 is 5.43 Å². The van der Waals surface area contributed by atoms with Gasteiger partial charge in [-0.15, -0.1) is 0 Å². The molecule has 0 aliphatic carbocycles. The third kappa shape index (κ3) is 1.87. The standard InChI is InChI=1S/C7H10N4O3/c1-3(11-8-2)4-5(12)9-7(14)10-6(4)13/h4,8H,1-2H3,(H2,9,10,12,13,14)/b11-3+. The van der Waals surface area contributed by atoms with Gasteiger partial charge in [0.15, 0.2) is 5.92 Å². The van der Waals surface area contributed by atoms with E-state index in [2.05, 4.69) is 10.5 Å². The number of hydrogen-bond donors (Lipinski definition) is 3. The zero-order valence-electron chi connectivity index (χ0n) is 7.75. The van der Waals surface area contributed by atoms with Gasteiger partial charge in [-0.3, -0.25) is 20.2 Å². The minimum absolute atomic E-state index is 0.301. The molecule has 1 fully saturated rings. The highest BCUT2D eigenvalue weighted by molar-refractivity contribution is 6.27. The molecule has 0 atom stereocenters.